The molecule has 2 aliphatic rings. The predicted molar refractivity (Wildman–Crippen MR) is 135 cm³/mol. The third-order valence-electron chi connectivity index (χ3n) is 7.36. The highest BCUT2D eigenvalue weighted by Gasteiger charge is 2.26. The monoisotopic (exact) mass is 460 g/mol. The molecular formula is C27H36N6O. The Hall–Kier alpha value is -2.96. The SMILES string of the molecule is CC(C)C(=O)NC1CCC(Nc2nc(C3CCCCC3)nc3c2cnn3-c2ccccc2)CC1. The van der Waals surface area contributed by atoms with Crippen molar-refractivity contribution in [2.24, 2.45) is 5.92 Å². The number of aromatic nitrogens is 4. The van der Waals surface area contributed by atoms with Crippen LogP contribution in [-0.2, 0) is 4.79 Å². The Balaban J connectivity index is 1.40. The highest BCUT2D eigenvalue weighted by molar-refractivity contribution is 5.87. The lowest BCUT2D eigenvalue weighted by Crippen LogP contribution is -2.41. The van der Waals surface area contributed by atoms with E-state index in [2.05, 4.69) is 22.8 Å². The zero-order chi connectivity index (χ0) is 23.5. The summed E-state index contributed by atoms with van der Waals surface area (Å²) in [5.41, 5.74) is 1.89. The van der Waals surface area contributed by atoms with Crippen LogP contribution in [0.2, 0.25) is 0 Å². The summed E-state index contributed by atoms with van der Waals surface area (Å²) < 4.78 is 1.94. The summed E-state index contributed by atoms with van der Waals surface area (Å²) in [4.78, 5) is 22.2. The normalized spacial score (nSPS) is 21.6. The van der Waals surface area contributed by atoms with Gasteiger partial charge in [0.25, 0.3) is 0 Å². The van der Waals surface area contributed by atoms with Crippen LogP contribution in [0, 0.1) is 5.92 Å². The van der Waals surface area contributed by atoms with Gasteiger partial charge in [-0.2, -0.15) is 5.10 Å². The topological polar surface area (TPSA) is 84.7 Å². The highest BCUT2D eigenvalue weighted by Crippen LogP contribution is 2.34. The molecule has 180 valence electrons. The van der Waals surface area contributed by atoms with Gasteiger partial charge in [0.15, 0.2) is 5.65 Å². The Morgan fingerprint density at radius 1 is 0.941 bits per heavy atom. The van der Waals surface area contributed by atoms with E-state index in [1.54, 1.807) is 0 Å². The lowest BCUT2D eigenvalue weighted by atomic mass is 9.88. The van der Waals surface area contributed by atoms with E-state index in [0.717, 1.165) is 66.9 Å². The van der Waals surface area contributed by atoms with Gasteiger partial charge in [0.1, 0.15) is 11.6 Å². The van der Waals surface area contributed by atoms with Crippen molar-refractivity contribution in [3.63, 3.8) is 0 Å². The van der Waals surface area contributed by atoms with Gasteiger partial charge in [-0.1, -0.05) is 51.3 Å². The van der Waals surface area contributed by atoms with Crippen molar-refractivity contribution in [3.8, 4) is 5.69 Å². The number of hydrogen-bond acceptors (Lipinski definition) is 5. The number of nitrogens with zero attached hydrogens (tertiary/aromatic N) is 4. The second-order valence-corrected chi connectivity index (χ2v) is 10.3. The molecule has 7 nitrogen and oxygen atoms in total. The number of carbonyl (C=O) groups is 1. The Kier molecular flexibility index (Phi) is 6.79. The molecule has 0 atom stereocenters. The van der Waals surface area contributed by atoms with Crippen LogP contribution in [0.25, 0.3) is 16.7 Å². The third kappa shape index (κ3) is 4.93. The average Bonchev–Trinajstić information content (AvgIpc) is 3.30. The summed E-state index contributed by atoms with van der Waals surface area (Å²) in [5.74, 6) is 2.45. The molecule has 2 N–H and O–H groups in total. The molecule has 2 aliphatic carbocycles. The van der Waals surface area contributed by atoms with Crippen molar-refractivity contribution >= 4 is 22.8 Å². The van der Waals surface area contributed by atoms with Crippen LogP contribution in [0.5, 0.6) is 0 Å². The van der Waals surface area contributed by atoms with Gasteiger partial charge in [0.05, 0.1) is 17.3 Å². The zero-order valence-electron chi connectivity index (χ0n) is 20.3. The van der Waals surface area contributed by atoms with Crippen molar-refractivity contribution in [1.29, 1.82) is 0 Å². The summed E-state index contributed by atoms with van der Waals surface area (Å²) in [6.45, 7) is 3.89. The van der Waals surface area contributed by atoms with Gasteiger partial charge in [0, 0.05) is 23.9 Å². The Morgan fingerprint density at radius 3 is 2.35 bits per heavy atom. The largest absolute Gasteiger partial charge is 0.367 e. The minimum atomic E-state index is 0.0320. The molecule has 1 aromatic carbocycles. The Bertz CT molecular complexity index is 1110. The number of anilines is 1. The van der Waals surface area contributed by atoms with Crippen LogP contribution < -0.4 is 10.6 Å². The second kappa shape index (κ2) is 10.1. The predicted octanol–water partition coefficient (Wildman–Crippen LogP) is 5.36. The summed E-state index contributed by atoms with van der Waals surface area (Å²) in [6, 6.07) is 10.8. The molecule has 5 rings (SSSR count). The molecule has 2 saturated carbocycles. The molecule has 0 spiro atoms. The quantitative estimate of drug-likeness (QED) is 0.517. The molecule has 0 aliphatic heterocycles. The molecule has 2 fully saturated rings. The maximum Gasteiger partial charge on any atom is 0.222 e. The fourth-order valence-electron chi connectivity index (χ4n) is 5.28. The molecule has 7 heteroatoms. The van der Waals surface area contributed by atoms with E-state index in [1.807, 2.05) is 42.9 Å². The van der Waals surface area contributed by atoms with E-state index in [9.17, 15) is 4.79 Å². The molecular weight excluding hydrogens is 424 g/mol. The lowest BCUT2D eigenvalue weighted by molar-refractivity contribution is -0.124. The fraction of sp³-hybridized carbons (Fsp3) is 0.556. The second-order valence-electron chi connectivity index (χ2n) is 10.3. The van der Waals surface area contributed by atoms with E-state index in [0.29, 0.717) is 12.0 Å². The van der Waals surface area contributed by atoms with Crippen LogP contribution in [0.1, 0.15) is 83.4 Å². The molecule has 3 aromatic rings. The Labute approximate surface area is 201 Å². The zero-order valence-corrected chi connectivity index (χ0v) is 20.3. The number of rotatable bonds is 6. The van der Waals surface area contributed by atoms with Crippen LogP contribution in [0.15, 0.2) is 36.5 Å². The molecule has 0 radical (unpaired) electrons. The molecule has 2 heterocycles. The van der Waals surface area contributed by atoms with Crippen molar-refractivity contribution < 1.29 is 4.79 Å². The molecule has 1 amide bonds. The summed E-state index contributed by atoms with van der Waals surface area (Å²) in [6.07, 6.45) is 12.0. The van der Waals surface area contributed by atoms with Crippen LogP contribution >= 0.6 is 0 Å². The number of benzene rings is 1. The van der Waals surface area contributed by atoms with Gasteiger partial charge in [0.2, 0.25) is 5.91 Å². The molecule has 34 heavy (non-hydrogen) atoms. The average molecular weight is 461 g/mol. The summed E-state index contributed by atoms with van der Waals surface area (Å²) in [7, 11) is 0. The molecule has 2 aromatic heterocycles. The Morgan fingerprint density at radius 2 is 1.65 bits per heavy atom. The van der Waals surface area contributed by atoms with Crippen LogP contribution in [0.3, 0.4) is 0 Å². The van der Waals surface area contributed by atoms with Crippen molar-refractivity contribution in [1.82, 2.24) is 25.1 Å². The first-order valence-electron chi connectivity index (χ1n) is 13.0. The van der Waals surface area contributed by atoms with Crippen LogP contribution in [0.4, 0.5) is 5.82 Å². The van der Waals surface area contributed by atoms with Gasteiger partial charge in [-0.3, -0.25) is 4.79 Å². The summed E-state index contributed by atoms with van der Waals surface area (Å²) in [5, 5.41) is 12.6. The fourth-order valence-corrected chi connectivity index (χ4v) is 5.28. The number of para-hydroxylation sites is 1. The maximum atomic E-state index is 12.1. The van der Waals surface area contributed by atoms with Gasteiger partial charge >= 0.3 is 0 Å². The number of hydrogen-bond donors (Lipinski definition) is 2. The van der Waals surface area contributed by atoms with E-state index in [1.165, 1.54) is 19.3 Å². The molecule has 0 unspecified atom stereocenters. The summed E-state index contributed by atoms with van der Waals surface area (Å²) >= 11 is 0. The number of fused-ring (bicyclic) bond motifs is 1. The van der Waals surface area contributed by atoms with E-state index < -0.39 is 0 Å². The minimum Gasteiger partial charge on any atom is -0.367 e. The highest BCUT2D eigenvalue weighted by atomic mass is 16.1. The molecule has 0 saturated heterocycles. The van der Waals surface area contributed by atoms with E-state index >= 15 is 0 Å². The lowest BCUT2D eigenvalue weighted by Gasteiger charge is -2.30. The van der Waals surface area contributed by atoms with Gasteiger partial charge in [-0.15, -0.1) is 0 Å². The first kappa shape index (κ1) is 22.8. The van der Waals surface area contributed by atoms with E-state index in [-0.39, 0.29) is 17.9 Å². The van der Waals surface area contributed by atoms with Crippen molar-refractivity contribution in [2.75, 3.05) is 5.32 Å². The van der Waals surface area contributed by atoms with Gasteiger partial charge in [-0.25, -0.2) is 14.6 Å². The standard InChI is InChI=1S/C27H36N6O/c1-18(2)27(34)30-21-15-13-20(14-16-21)29-25-23-17-28-33(22-11-7-4-8-12-22)26(23)32-24(31-25)19-9-5-3-6-10-19/h4,7-8,11-12,17-21H,3,5-6,9-10,13-16H2,1-2H3,(H,30,34)(H,29,31,32). The number of carbonyl (C=O) groups excluding carboxylic acids is 1. The van der Waals surface area contributed by atoms with Crippen molar-refractivity contribution in [3.05, 3.63) is 42.4 Å². The van der Waals surface area contributed by atoms with Gasteiger partial charge < -0.3 is 10.6 Å². The van der Waals surface area contributed by atoms with Gasteiger partial charge in [-0.05, 0) is 50.7 Å². The van der Waals surface area contributed by atoms with E-state index in [4.69, 9.17) is 15.1 Å². The number of amides is 1. The maximum absolute atomic E-state index is 12.1. The molecule has 0 bridgehead atoms. The number of nitrogens with one attached hydrogen (secondary N) is 2. The van der Waals surface area contributed by atoms with Crippen molar-refractivity contribution in [2.45, 2.75) is 89.6 Å². The first-order valence-corrected chi connectivity index (χ1v) is 13.0. The minimum absolute atomic E-state index is 0.0320. The smallest absolute Gasteiger partial charge is 0.222 e. The first-order chi connectivity index (χ1) is 16.6. The third-order valence-corrected chi connectivity index (χ3v) is 7.36. The van der Waals surface area contributed by atoms with Crippen LogP contribution in [-0.4, -0.2) is 37.7 Å².